The van der Waals surface area contributed by atoms with Crippen LogP contribution in [0.1, 0.15) is 34.3 Å². The number of carbonyl (C=O) groups is 1. The Morgan fingerprint density at radius 3 is 2.50 bits per heavy atom. The van der Waals surface area contributed by atoms with Crippen LogP contribution in [0.15, 0.2) is 22.7 Å². The van der Waals surface area contributed by atoms with Crippen molar-refractivity contribution in [1.29, 1.82) is 0 Å². The average Bonchev–Trinajstić information content (AvgIpc) is 2.87. The van der Waals surface area contributed by atoms with Crippen molar-refractivity contribution in [2.45, 2.75) is 27.3 Å². The van der Waals surface area contributed by atoms with Gasteiger partial charge in [-0.3, -0.25) is 9.69 Å². The molecule has 1 aromatic heterocycles. The van der Waals surface area contributed by atoms with Gasteiger partial charge in [0.05, 0.1) is 11.4 Å². The van der Waals surface area contributed by atoms with Gasteiger partial charge in [0, 0.05) is 43.9 Å². The summed E-state index contributed by atoms with van der Waals surface area (Å²) in [5.41, 5.74) is 3.05. The van der Waals surface area contributed by atoms with Gasteiger partial charge in [0.1, 0.15) is 11.6 Å². The highest BCUT2D eigenvalue weighted by atomic mass is 19.1. The third-order valence-electron chi connectivity index (χ3n) is 4.63. The molecule has 1 aliphatic rings. The number of hydrogen-bond donors (Lipinski definition) is 0. The molecule has 0 radical (unpaired) electrons. The van der Waals surface area contributed by atoms with Crippen LogP contribution in [0.3, 0.4) is 0 Å². The highest BCUT2D eigenvalue weighted by Gasteiger charge is 2.22. The van der Waals surface area contributed by atoms with Crippen molar-refractivity contribution in [3.8, 4) is 0 Å². The predicted octanol–water partition coefficient (Wildman–Crippen LogP) is 2.96. The number of rotatable bonds is 4. The van der Waals surface area contributed by atoms with Crippen LogP contribution in [0.25, 0.3) is 0 Å². The van der Waals surface area contributed by atoms with Crippen LogP contribution in [-0.4, -0.2) is 42.0 Å². The number of benzene rings is 1. The predicted molar refractivity (Wildman–Crippen MR) is 89.9 cm³/mol. The summed E-state index contributed by atoms with van der Waals surface area (Å²) in [6.07, 6.45) is 0. The molecule has 6 heteroatoms. The summed E-state index contributed by atoms with van der Waals surface area (Å²) in [6, 6.07) is 4.72. The standard InChI is InChI=1S/C18H22FN3O2/c1-12-16(14(3)24-20-12)11-21-6-8-22(9-7-21)18-5-4-15(13(2)23)10-17(18)19/h4-5,10H,6-9,11H2,1-3H3. The maximum atomic E-state index is 14.3. The van der Waals surface area contributed by atoms with Crippen LogP contribution in [0.4, 0.5) is 10.1 Å². The van der Waals surface area contributed by atoms with Crippen LogP contribution in [-0.2, 0) is 6.54 Å². The lowest BCUT2D eigenvalue weighted by Gasteiger charge is -2.36. The topological polar surface area (TPSA) is 49.6 Å². The first-order valence-electron chi connectivity index (χ1n) is 8.15. The summed E-state index contributed by atoms with van der Waals surface area (Å²) in [6.45, 7) is 9.32. The molecule has 0 unspecified atom stereocenters. The third kappa shape index (κ3) is 3.33. The Kier molecular flexibility index (Phi) is 4.66. The molecule has 1 aliphatic heterocycles. The summed E-state index contributed by atoms with van der Waals surface area (Å²) in [7, 11) is 0. The summed E-state index contributed by atoms with van der Waals surface area (Å²) in [4.78, 5) is 15.7. The van der Waals surface area contributed by atoms with E-state index in [1.54, 1.807) is 12.1 Å². The van der Waals surface area contributed by atoms with E-state index >= 15 is 0 Å². The number of Topliss-reactive ketones (excluding diaryl/α,β-unsaturated/α-hetero) is 1. The minimum Gasteiger partial charge on any atom is -0.367 e. The Hall–Kier alpha value is -2.21. The van der Waals surface area contributed by atoms with Crippen molar-refractivity contribution in [3.05, 3.63) is 46.6 Å². The zero-order chi connectivity index (χ0) is 17.3. The Balaban J connectivity index is 1.64. The Bertz CT molecular complexity index is 729. The molecule has 0 saturated carbocycles. The van der Waals surface area contributed by atoms with Gasteiger partial charge < -0.3 is 9.42 Å². The number of halogens is 1. The monoisotopic (exact) mass is 331 g/mol. The maximum absolute atomic E-state index is 14.3. The molecule has 24 heavy (non-hydrogen) atoms. The van der Waals surface area contributed by atoms with Crippen LogP contribution in [0, 0.1) is 19.7 Å². The van der Waals surface area contributed by atoms with E-state index in [0.29, 0.717) is 11.3 Å². The Morgan fingerprint density at radius 1 is 1.25 bits per heavy atom. The molecule has 0 N–H and O–H groups in total. The zero-order valence-electron chi connectivity index (χ0n) is 14.3. The SMILES string of the molecule is CC(=O)c1ccc(N2CCN(Cc3c(C)noc3C)CC2)c(F)c1. The lowest BCUT2D eigenvalue weighted by molar-refractivity contribution is 0.101. The minimum absolute atomic E-state index is 0.121. The molecule has 5 nitrogen and oxygen atoms in total. The number of anilines is 1. The molecule has 0 amide bonds. The summed E-state index contributed by atoms with van der Waals surface area (Å²) in [5.74, 6) is 0.410. The number of carbonyl (C=O) groups excluding carboxylic acids is 1. The number of aryl methyl sites for hydroxylation is 2. The Labute approximate surface area is 141 Å². The number of aromatic nitrogens is 1. The molecule has 3 rings (SSSR count). The molecule has 2 heterocycles. The molecule has 0 atom stereocenters. The van der Waals surface area contributed by atoms with Gasteiger partial charge in [-0.1, -0.05) is 5.16 Å². The van der Waals surface area contributed by atoms with Crippen molar-refractivity contribution >= 4 is 11.5 Å². The molecule has 2 aromatic rings. The van der Waals surface area contributed by atoms with Gasteiger partial charge in [-0.15, -0.1) is 0 Å². The van der Waals surface area contributed by atoms with E-state index < -0.39 is 0 Å². The fourth-order valence-electron chi connectivity index (χ4n) is 3.08. The fraction of sp³-hybridized carbons (Fsp3) is 0.444. The van der Waals surface area contributed by atoms with Crippen molar-refractivity contribution < 1.29 is 13.7 Å². The first-order valence-corrected chi connectivity index (χ1v) is 8.15. The molecule has 0 bridgehead atoms. The highest BCUT2D eigenvalue weighted by molar-refractivity contribution is 5.94. The molecule has 0 aliphatic carbocycles. The molecular formula is C18H22FN3O2. The van der Waals surface area contributed by atoms with Crippen LogP contribution in [0.5, 0.6) is 0 Å². The largest absolute Gasteiger partial charge is 0.367 e. The summed E-state index contributed by atoms with van der Waals surface area (Å²) < 4.78 is 19.5. The number of piperazine rings is 1. The lowest BCUT2D eigenvalue weighted by atomic mass is 10.1. The third-order valence-corrected chi connectivity index (χ3v) is 4.63. The van der Waals surface area contributed by atoms with Gasteiger partial charge in [0.25, 0.3) is 0 Å². The van der Waals surface area contributed by atoms with Crippen molar-refractivity contribution in [3.63, 3.8) is 0 Å². The van der Waals surface area contributed by atoms with Crippen molar-refractivity contribution in [1.82, 2.24) is 10.1 Å². The quantitative estimate of drug-likeness (QED) is 0.806. The zero-order valence-corrected chi connectivity index (χ0v) is 14.3. The maximum Gasteiger partial charge on any atom is 0.159 e. The van der Waals surface area contributed by atoms with E-state index in [1.807, 2.05) is 18.7 Å². The van der Waals surface area contributed by atoms with Gasteiger partial charge in [0.2, 0.25) is 0 Å². The van der Waals surface area contributed by atoms with E-state index in [4.69, 9.17) is 4.52 Å². The van der Waals surface area contributed by atoms with Crippen LogP contribution >= 0.6 is 0 Å². The molecule has 128 valence electrons. The average molecular weight is 331 g/mol. The molecule has 1 saturated heterocycles. The molecule has 1 fully saturated rings. The van der Waals surface area contributed by atoms with E-state index in [2.05, 4.69) is 10.1 Å². The first kappa shape index (κ1) is 16.6. The molecular weight excluding hydrogens is 309 g/mol. The second kappa shape index (κ2) is 6.73. The van der Waals surface area contributed by atoms with E-state index in [0.717, 1.165) is 49.7 Å². The lowest BCUT2D eigenvalue weighted by Crippen LogP contribution is -2.46. The second-order valence-electron chi connectivity index (χ2n) is 6.29. The number of nitrogens with zero attached hydrogens (tertiary/aromatic N) is 3. The fourth-order valence-corrected chi connectivity index (χ4v) is 3.08. The highest BCUT2D eigenvalue weighted by Crippen LogP contribution is 2.23. The Morgan fingerprint density at radius 2 is 1.96 bits per heavy atom. The van der Waals surface area contributed by atoms with Crippen molar-refractivity contribution in [2.75, 3.05) is 31.1 Å². The van der Waals surface area contributed by atoms with Gasteiger partial charge >= 0.3 is 0 Å². The van der Waals surface area contributed by atoms with E-state index in [9.17, 15) is 9.18 Å². The molecule has 1 aromatic carbocycles. The number of ketones is 1. The molecule has 0 spiro atoms. The van der Waals surface area contributed by atoms with Gasteiger partial charge in [-0.25, -0.2) is 4.39 Å². The van der Waals surface area contributed by atoms with Crippen LogP contribution in [0.2, 0.25) is 0 Å². The van der Waals surface area contributed by atoms with E-state index in [1.165, 1.54) is 13.0 Å². The van der Waals surface area contributed by atoms with Gasteiger partial charge in [0.15, 0.2) is 5.78 Å². The van der Waals surface area contributed by atoms with Gasteiger partial charge in [-0.05, 0) is 39.0 Å². The number of hydrogen-bond acceptors (Lipinski definition) is 5. The summed E-state index contributed by atoms with van der Waals surface area (Å²) >= 11 is 0. The smallest absolute Gasteiger partial charge is 0.159 e. The second-order valence-corrected chi connectivity index (χ2v) is 6.29. The van der Waals surface area contributed by atoms with Crippen molar-refractivity contribution in [2.24, 2.45) is 0 Å². The summed E-state index contributed by atoms with van der Waals surface area (Å²) in [5, 5.41) is 3.99. The first-order chi connectivity index (χ1) is 11.5. The normalized spacial score (nSPS) is 15.8. The minimum atomic E-state index is -0.332. The van der Waals surface area contributed by atoms with Gasteiger partial charge in [-0.2, -0.15) is 0 Å². The van der Waals surface area contributed by atoms with E-state index in [-0.39, 0.29) is 11.6 Å². The van der Waals surface area contributed by atoms with Crippen LogP contribution < -0.4 is 4.90 Å².